The molecule has 0 aliphatic rings. The third-order valence-electron chi connectivity index (χ3n) is 2.92. The molecule has 0 aliphatic carbocycles. The van der Waals surface area contributed by atoms with Gasteiger partial charge in [-0.15, -0.1) is 0 Å². The molecular weight excluding hydrogens is 212 g/mol. The Morgan fingerprint density at radius 1 is 1.06 bits per heavy atom. The molecule has 2 aromatic rings. The number of aldehydes is 1. The van der Waals surface area contributed by atoms with Crippen LogP contribution in [0.2, 0.25) is 0 Å². The van der Waals surface area contributed by atoms with Crippen LogP contribution in [-0.2, 0) is 0 Å². The van der Waals surface area contributed by atoms with Crippen LogP contribution in [0, 0.1) is 13.8 Å². The van der Waals surface area contributed by atoms with Gasteiger partial charge >= 0.3 is 0 Å². The third-order valence-corrected chi connectivity index (χ3v) is 2.92. The van der Waals surface area contributed by atoms with Crippen molar-refractivity contribution in [2.45, 2.75) is 13.8 Å². The number of phenolic OH excluding ortho intramolecular Hbond substituents is 1. The summed E-state index contributed by atoms with van der Waals surface area (Å²) < 4.78 is 0. The molecule has 0 amide bonds. The van der Waals surface area contributed by atoms with E-state index in [1.165, 1.54) is 0 Å². The maximum Gasteiger partial charge on any atom is 0.153 e. The molecule has 17 heavy (non-hydrogen) atoms. The van der Waals surface area contributed by atoms with Crippen molar-refractivity contribution in [1.29, 1.82) is 0 Å². The fraction of sp³-hybridized carbons (Fsp3) is 0.133. The molecule has 0 fully saturated rings. The monoisotopic (exact) mass is 226 g/mol. The van der Waals surface area contributed by atoms with Gasteiger partial charge in [0.2, 0.25) is 0 Å². The number of rotatable bonds is 2. The molecule has 0 atom stereocenters. The summed E-state index contributed by atoms with van der Waals surface area (Å²) in [7, 11) is 0. The number of aromatic hydroxyl groups is 1. The Bertz CT molecular complexity index is 551. The maximum absolute atomic E-state index is 10.8. The lowest BCUT2D eigenvalue weighted by atomic mass is 9.94. The fourth-order valence-electron chi connectivity index (χ4n) is 2.07. The van der Waals surface area contributed by atoms with Gasteiger partial charge in [0, 0.05) is 0 Å². The molecule has 2 nitrogen and oxygen atoms in total. The van der Waals surface area contributed by atoms with Crippen molar-refractivity contribution in [3.63, 3.8) is 0 Å². The van der Waals surface area contributed by atoms with Crippen LogP contribution >= 0.6 is 0 Å². The van der Waals surface area contributed by atoms with E-state index in [9.17, 15) is 9.90 Å². The first-order chi connectivity index (χ1) is 8.13. The minimum Gasteiger partial charge on any atom is -0.507 e. The molecule has 0 spiro atoms. The predicted molar refractivity (Wildman–Crippen MR) is 68.4 cm³/mol. The first-order valence-electron chi connectivity index (χ1n) is 5.48. The van der Waals surface area contributed by atoms with E-state index in [0.29, 0.717) is 11.8 Å². The molecule has 0 aliphatic heterocycles. The van der Waals surface area contributed by atoms with Gasteiger partial charge in [-0.1, -0.05) is 24.3 Å². The van der Waals surface area contributed by atoms with Gasteiger partial charge in [0.05, 0.1) is 5.56 Å². The second kappa shape index (κ2) is 4.42. The zero-order valence-electron chi connectivity index (χ0n) is 9.90. The van der Waals surface area contributed by atoms with Gasteiger partial charge in [0.1, 0.15) is 5.75 Å². The highest BCUT2D eigenvalue weighted by atomic mass is 16.3. The predicted octanol–water partition coefficient (Wildman–Crippen LogP) is 3.49. The summed E-state index contributed by atoms with van der Waals surface area (Å²) in [5, 5.41) is 9.49. The fourth-order valence-corrected chi connectivity index (χ4v) is 2.07. The summed E-state index contributed by atoms with van der Waals surface area (Å²) in [6, 6.07) is 11.2. The standard InChI is InChI=1S/C15H14O2/c1-10-4-3-5-11(2)15(10)12-6-7-14(17)13(8-12)9-16/h3-9,17H,1-2H3. The van der Waals surface area contributed by atoms with Crippen molar-refractivity contribution in [3.05, 3.63) is 53.1 Å². The van der Waals surface area contributed by atoms with Gasteiger partial charge in [-0.3, -0.25) is 4.79 Å². The molecule has 0 unspecified atom stereocenters. The quantitative estimate of drug-likeness (QED) is 0.796. The Kier molecular flexibility index (Phi) is 2.96. The summed E-state index contributed by atoms with van der Waals surface area (Å²) in [5.74, 6) is 0.0231. The molecule has 0 aromatic heterocycles. The highest BCUT2D eigenvalue weighted by molar-refractivity contribution is 5.83. The average molecular weight is 226 g/mol. The summed E-state index contributed by atoms with van der Waals surface area (Å²) in [6.45, 7) is 4.07. The largest absolute Gasteiger partial charge is 0.507 e. The molecule has 2 aromatic carbocycles. The van der Waals surface area contributed by atoms with Gasteiger partial charge in [-0.2, -0.15) is 0 Å². The van der Waals surface area contributed by atoms with Crippen LogP contribution in [0.3, 0.4) is 0 Å². The molecule has 0 heterocycles. The Labute approximate surface area is 101 Å². The van der Waals surface area contributed by atoms with Crippen LogP contribution in [0.15, 0.2) is 36.4 Å². The van der Waals surface area contributed by atoms with E-state index in [-0.39, 0.29) is 5.75 Å². The molecule has 86 valence electrons. The van der Waals surface area contributed by atoms with E-state index in [1.807, 2.05) is 38.1 Å². The lowest BCUT2D eigenvalue weighted by Gasteiger charge is -2.10. The molecular formula is C15H14O2. The number of benzene rings is 2. The lowest BCUT2D eigenvalue weighted by Crippen LogP contribution is -1.89. The van der Waals surface area contributed by atoms with Crippen LogP contribution in [0.5, 0.6) is 5.75 Å². The molecule has 2 rings (SSSR count). The van der Waals surface area contributed by atoms with Crippen LogP contribution in [-0.4, -0.2) is 11.4 Å². The highest BCUT2D eigenvalue weighted by Gasteiger charge is 2.08. The average Bonchev–Trinajstić information content (AvgIpc) is 2.31. The zero-order chi connectivity index (χ0) is 12.4. The topological polar surface area (TPSA) is 37.3 Å². The first kappa shape index (κ1) is 11.4. The number of hydrogen-bond donors (Lipinski definition) is 1. The Morgan fingerprint density at radius 3 is 2.29 bits per heavy atom. The van der Waals surface area contributed by atoms with Crippen molar-refractivity contribution < 1.29 is 9.90 Å². The molecule has 0 saturated heterocycles. The van der Waals surface area contributed by atoms with Crippen molar-refractivity contribution in [3.8, 4) is 16.9 Å². The smallest absolute Gasteiger partial charge is 0.153 e. The normalized spacial score (nSPS) is 10.2. The summed E-state index contributed by atoms with van der Waals surface area (Å²) in [4.78, 5) is 10.8. The second-order valence-electron chi connectivity index (χ2n) is 4.16. The van der Waals surface area contributed by atoms with Gasteiger partial charge in [0.25, 0.3) is 0 Å². The van der Waals surface area contributed by atoms with Crippen molar-refractivity contribution in [2.24, 2.45) is 0 Å². The van der Waals surface area contributed by atoms with E-state index >= 15 is 0 Å². The van der Waals surface area contributed by atoms with E-state index in [4.69, 9.17) is 0 Å². The van der Waals surface area contributed by atoms with Crippen LogP contribution in [0.4, 0.5) is 0 Å². The van der Waals surface area contributed by atoms with Gasteiger partial charge in [-0.05, 0) is 48.2 Å². The number of aryl methyl sites for hydroxylation is 2. The van der Waals surface area contributed by atoms with Gasteiger partial charge in [-0.25, -0.2) is 0 Å². The third kappa shape index (κ3) is 2.07. The molecule has 1 N–H and O–H groups in total. The summed E-state index contributed by atoms with van der Waals surface area (Å²) in [6.07, 6.45) is 0.673. The molecule has 0 saturated carbocycles. The van der Waals surface area contributed by atoms with Crippen molar-refractivity contribution >= 4 is 6.29 Å². The summed E-state index contributed by atoms with van der Waals surface area (Å²) in [5.41, 5.74) is 4.72. The Hall–Kier alpha value is -2.09. The lowest BCUT2D eigenvalue weighted by molar-refractivity contribution is 0.112. The number of carbonyl (C=O) groups is 1. The van der Waals surface area contributed by atoms with E-state index in [0.717, 1.165) is 22.3 Å². The Balaban J connectivity index is 2.65. The number of carbonyl (C=O) groups excluding carboxylic acids is 1. The molecule has 0 radical (unpaired) electrons. The van der Waals surface area contributed by atoms with Gasteiger partial charge in [0.15, 0.2) is 6.29 Å². The van der Waals surface area contributed by atoms with Gasteiger partial charge < -0.3 is 5.11 Å². The van der Waals surface area contributed by atoms with Crippen LogP contribution in [0.1, 0.15) is 21.5 Å². The Morgan fingerprint density at radius 2 is 1.71 bits per heavy atom. The first-order valence-corrected chi connectivity index (χ1v) is 5.48. The van der Waals surface area contributed by atoms with Crippen molar-refractivity contribution in [2.75, 3.05) is 0 Å². The maximum atomic E-state index is 10.8. The van der Waals surface area contributed by atoms with E-state index in [2.05, 4.69) is 0 Å². The van der Waals surface area contributed by atoms with Crippen molar-refractivity contribution in [1.82, 2.24) is 0 Å². The zero-order valence-corrected chi connectivity index (χ0v) is 9.90. The summed E-state index contributed by atoms with van der Waals surface area (Å²) >= 11 is 0. The number of hydrogen-bond acceptors (Lipinski definition) is 2. The minimum atomic E-state index is 0.0231. The minimum absolute atomic E-state index is 0.0231. The molecule has 0 bridgehead atoms. The van der Waals surface area contributed by atoms with Crippen LogP contribution in [0.25, 0.3) is 11.1 Å². The van der Waals surface area contributed by atoms with Crippen LogP contribution < -0.4 is 0 Å². The van der Waals surface area contributed by atoms with E-state index < -0.39 is 0 Å². The highest BCUT2D eigenvalue weighted by Crippen LogP contribution is 2.29. The van der Waals surface area contributed by atoms with E-state index in [1.54, 1.807) is 12.1 Å². The second-order valence-corrected chi connectivity index (χ2v) is 4.16. The SMILES string of the molecule is Cc1cccc(C)c1-c1ccc(O)c(C=O)c1. The molecule has 2 heteroatoms. The number of phenols is 1.